The minimum absolute atomic E-state index is 0.106. The predicted molar refractivity (Wildman–Crippen MR) is 186 cm³/mol. The summed E-state index contributed by atoms with van der Waals surface area (Å²) in [6.45, 7) is 16.1. The highest BCUT2D eigenvalue weighted by Crippen LogP contribution is 2.39. The van der Waals surface area contributed by atoms with E-state index in [0.29, 0.717) is 35.7 Å². The Morgan fingerprint density at radius 3 is 1.84 bits per heavy atom. The van der Waals surface area contributed by atoms with Crippen LogP contribution in [0.15, 0.2) is 74.0 Å². The monoisotopic (exact) mass is 606 g/mol. The van der Waals surface area contributed by atoms with Crippen LogP contribution in [0.5, 0.6) is 17.2 Å². The van der Waals surface area contributed by atoms with E-state index in [0.717, 1.165) is 38.5 Å². The molecular formula is C39H58O5. The van der Waals surface area contributed by atoms with E-state index in [-0.39, 0.29) is 12.4 Å². The maximum Gasteiger partial charge on any atom is 0.383 e. The summed E-state index contributed by atoms with van der Waals surface area (Å²) in [6.07, 6.45) is 22.2. The third kappa shape index (κ3) is 14.5. The lowest BCUT2D eigenvalue weighted by Gasteiger charge is -2.16. The molecule has 0 radical (unpaired) electrons. The van der Waals surface area contributed by atoms with Crippen LogP contribution in [0.4, 0.5) is 0 Å². The molecule has 5 nitrogen and oxygen atoms in total. The van der Waals surface area contributed by atoms with Crippen molar-refractivity contribution in [2.24, 2.45) is 0 Å². The molecule has 0 saturated heterocycles. The van der Waals surface area contributed by atoms with E-state index in [1.807, 2.05) is 18.2 Å². The first kappa shape index (κ1) is 37.0. The van der Waals surface area contributed by atoms with Crippen molar-refractivity contribution in [3.05, 3.63) is 75.2 Å². The zero-order valence-corrected chi connectivity index (χ0v) is 28.7. The quantitative estimate of drug-likeness (QED) is 0.0758. The van der Waals surface area contributed by atoms with Gasteiger partial charge in [0.25, 0.3) is 0 Å². The molecule has 0 saturated carbocycles. The number of unbranched alkanes of at least 4 members (excludes halogenated alkanes) is 7. The minimum Gasteiger partial charge on any atom is -0.489 e. The number of benzene rings is 1. The van der Waals surface area contributed by atoms with Crippen LogP contribution < -0.4 is 19.8 Å². The van der Waals surface area contributed by atoms with Gasteiger partial charge >= 0.3 is 5.63 Å². The average Bonchev–Trinajstić information content (AvgIpc) is 2.97. The van der Waals surface area contributed by atoms with Crippen LogP contribution in [0.25, 0.3) is 11.0 Å². The van der Waals surface area contributed by atoms with Crippen molar-refractivity contribution in [1.29, 1.82) is 0 Å². The number of hydrogen-bond donors (Lipinski definition) is 0. The summed E-state index contributed by atoms with van der Waals surface area (Å²) >= 11 is 0. The maximum absolute atomic E-state index is 13.1. The fraction of sp³-hybridized carbons (Fsp3) is 0.564. The number of ether oxygens (including phenoxy) is 3. The summed E-state index contributed by atoms with van der Waals surface area (Å²) in [6, 6.07) is 5.52. The Hall–Kier alpha value is -3.21. The normalized spacial score (nSPS) is 11.9. The number of fused-ring (bicyclic) bond motifs is 1. The molecule has 0 bridgehead atoms. The largest absolute Gasteiger partial charge is 0.489 e. The molecule has 0 amide bonds. The molecule has 1 aromatic heterocycles. The Labute approximate surface area is 267 Å². The van der Waals surface area contributed by atoms with Crippen molar-refractivity contribution in [1.82, 2.24) is 0 Å². The molecular weight excluding hydrogens is 548 g/mol. The van der Waals surface area contributed by atoms with Crippen LogP contribution in [0.3, 0.4) is 0 Å². The van der Waals surface area contributed by atoms with Gasteiger partial charge in [-0.3, -0.25) is 0 Å². The Balaban J connectivity index is 2.24. The zero-order valence-electron chi connectivity index (χ0n) is 28.7. The first-order chi connectivity index (χ1) is 21.2. The van der Waals surface area contributed by atoms with Crippen LogP contribution >= 0.6 is 0 Å². The predicted octanol–water partition coefficient (Wildman–Crippen LogP) is 11.5. The maximum atomic E-state index is 13.1. The summed E-state index contributed by atoms with van der Waals surface area (Å²) in [5, 5.41) is 0.640. The fourth-order valence-corrected chi connectivity index (χ4v) is 4.89. The van der Waals surface area contributed by atoms with E-state index in [2.05, 4.69) is 66.7 Å². The van der Waals surface area contributed by atoms with E-state index in [1.165, 1.54) is 60.8 Å². The standard InChI is InChI=1S/C39H58O5/c1-8-9-10-11-12-13-14-15-27-42-37-36-34(41-28-25-32(6)21-16-19-30(2)3)23-18-24-35(36)44-39(40)38(37)43-29-26-33(7)22-17-20-31(4)5/h18-20,23-26H,8-17,21-22,27-29H2,1-7H3/b32-25+,33-26+. The Morgan fingerprint density at radius 2 is 1.25 bits per heavy atom. The van der Waals surface area contributed by atoms with Gasteiger partial charge in [-0.15, -0.1) is 0 Å². The van der Waals surface area contributed by atoms with Crippen molar-refractivity contribution in [2.45, 2.75) is 126 Å². The number of allylic oxidation sites excluding steroid dienone is 6. The van der Waals surface area contributed by atoms with Crippen LogP contribution in [0.2, 0.25) is 0 Å². The zero-order chi connectivity index (χ0) is 32.2. The van der Waals surface area contributed by atoms with E-state index in [4.69, 9.17) is 18.6 Å². The third-order valence-electron chi connectivity index (χ3n) is 7.57. The second-order valence-electron chi connectivity index (χ2n) is 12.4. The van der Waals surface area contributed by atoms with E-state index in [9.17, 15) is 4.79 Å². The minimum atomic E-state index is -0.536. The molecule has 0 unspecified atom stereocenters. The van der Waals surface area contributed by atoms with Crippen LogP contribution in [-0.4, -0.2) is 19.8 Å². The van der Waals surface area contributed by atoms with Gasteiger partial charge in [-0.25, -0.2) is 4.79 Å². The van der Waals surface area contributed by atoms with Gasteiger partial charge in [0.2, 0.25) is 5.75 Å². The molecule has 5 heteroatoms. The molecule has 0 spiro atoms. The van der Waals surface area contributed by atoms with Crippen molar-refractivity contribution >= 4 is 11.0 Å². The van der Waals surface area contributed by atoms with Gasteiger partial charge in [0.05, 0.1) is 6.61 Å². The summed E-state index contributed by atoms with van der Waals surface area (Å²) in [5.41, 5.74) is 5.03. The van der Waals surface area contributed by atoms with Crippen molar-refractivity contribution in [3.63, 3.8) is 0 Å². The molecule has 1 aromatic carbocycles. The van der Waals surface area contributed by atoms with Crippen molar-refractivity contribution in [3.8, 4) is 17.2 Å². The highest BCUT2D eigenvalue weighted by Gasteiger charge is 2.21. The van der Waals surface area contributed by atoms with E-state index in [1.54, 1.807) is 6.07 Å². The Bertz CT molecular complexity index is 1300. The topological polar surface area (TPSA) is 57.9 Å². The first-order valence-electron chi connectivity index (χ1n) is 16.8. The lowest BCUT2D eigenvalue weighted by atomic mass is 10.1. The van der Waals surface area contributed by atoms with Crippen molar-refractivity contribution in [2.75, 3.05) is 19.8 Å². The molecule has 0 atom stereocenters. The summed E-state index contributed by atoms with van der Waals surface area (Å²) in [7, 11) is 0. The highest BCUT2D eigenvalue weighted by molar-refractivity contribution is 5.91. The lowest BCUT2D eigenvalue weighted by molar-refractivity contribution is 0.268. The fourth-order valence-electron chi connectivity index (χ4n) is 4.89. The van der Waals surface area contributed by atoms with Gasteiger partial charge in [0, 0.05) is 0 Å². The van der Waals surface area contributed by atoms with Gasteiger partial charge in [0.1, 0.15) is 29.9 Å². The summed E-state index contributed by atoms with van der Waals surface area (Å²) in [5.74, 6) is 1.13. The molecule has 0 aliphatic heterocycles. The number of hydrogen-bond acceptors (Lipinski definition) is 5. The second-order valence-corrected chi connectivity index (χ2v) is 12.4. The Morgan fingerprint density at radius 1 is 0.682 bits per heavy atom. The summed E-state index contributed by atoms with van der Waals surface area (Å²) < 4.78 is 24.4. The molecule has 244 valence electrons. The number of rotatable bonds is 22. The van der Waals surface area contributed by atoms with Gasteiger partial charge in [0.15, 0.2) is 5.75 Å². The summed E-state index contributed by atoms with van der Waals surface area (Å²) in [4.78, 5) is 13.1. The highest BCUT2D eigenvalue weighted by atomic mass is 16.5. The second kappa shape index (κ2) is 21.5. The van der Waals surface area contributed by atoms with Crippen molar-refractivity contribution < 1.29 is 18.6 Å². The lowest BCUT2D eigenvalue weighted by Crippen LogP contribution is -2.12. The molecule has 2 rings (SSSR count). The van der Waals surface area contributed by atoms with E-state index < -0.39 is 5.63 Å². The molecule has 0 aliphatic rings. The SMILES string of the molecule is CCCCCCCCCCOc1c(OC/C=C(\C)CCC=C(C)C)c(=O)oc2cccc(OC/C=C(\C)CCC=C(C)C)c12. The average molecular weight is 607 g/mol. The van der Waals surface area contributed by atoms with Gasteiger partial charge < -0.3 is 18.6 Å². The van der Waals surface area contributed by atoms with E-state index >= 15 is 0 Å². The smallest absolute Gasteiger partial charge is 0.383 e. The van der Waals surface area contributed by atoms with Crippen LogP contribution in [-0.2, 0) is 0 Å². The van der Waals surface area contributed by atoms with Gasteiger partial charge in [-0.2, -0.15) is 0 Å². The van der Waals surface area contributed by atoms with Crippen LogP contribution in [0.1, 0.15) is 126 Å². The molecule has 44 heavy (non-hydrogen) atoms. The van der Waals surface area contributed by atoms with Crippen LogP contribution in [0, 0.1) is 0 Å². The molecule has 0 fully saturated rings. The third-order valence-corrected chi connectivity index (χ3v) is 7.57. The first-order valence-corrected chi connectivity index (χ1v) is 16.8. The Kier molecular flexibility index (Phi) is 18.1. The van der Waals surface area contributed by atoms with Gasteiger partial charge in [-0.1, -0.05) is 92.4 Å². The molecule has 0 aliphatic carbocycles. The molecule has 2 aromatic rings. The molecule has 1 heterocycles. The molecule has 0 N–H and O–H groups in total. The van der Waals surface area contributed by atoms with Gasteiger partial charge in [-0.05, 0) is 97.9 Å².